The molecule has 3 aromatic rings. The average molecular weight is 401 g/mol. The Morgan fingerprint density at radius 2 is 1.93 bits per heavy atom. The molecule has 0 atom stereocenters. The van der Waals surface area contributed by atoms with Crippen LogP contribution in [0.1, 0.15) is 36.7 Å². The SMILES string of the molecule is CCCCc1n[nH]c(=S)n1/N=C\c1ccc(OCc2ccc(Cl)cc2)cc1. The molecule has 1 aromatic heterocycles. The van der Waals surface area contributed by atoms with Crippen molar-refractivity contribution in [3.63, 3.8) is 0 Å². The van der Waals surface area contributed by atoms with Crippen molar-refractivity contribution in [3.05, 3.63) is 75.3 Å². The molecule has 0 saturated heterocycles. The van der Waals surface area contributed by atoms with Crippen LogP contribution in [0.25, 0.3) is 0 Å². The summed E-state index contributed by atoms with van der Waals surface area (Å²) >= 11 is 11.1. The molecule has 0 radical (unpaired) electrons. The van der Waals surface area contributed by atoms with Crippen LogP contribution in [0, 0.1) is 4.77 Å². The first-order valence-corrected chi connectivity index (χ1v) is 9.62. The minimum atomic E-state index is 0.496. The van der Waals surface area contributed by atoms with Gasteiger partial charge in [-0.1, -0.05) is 37.1 Å². The van der Waals surface area contributed by atoms with E-state index in [1.807, 2.05) is 48.5 Å². The Morgan fingerprint density at radius 1 is 1.19 bits per heavy atom. The van der Waals surface area contributed by atoms with E-state index in [4.69, 9.17) is 28.6 Å². The van der Waals surface area contributed by atoms with Crippen molar-refractivity contribution in [2.24, 2.45) is 5.10 Å². The number of aromatic nitrogens is 3. The van der Waals surface area contributed by atoms with Crippen LogP contribution < -0.4 is 4.74 Å². The quantitative estimate of drug-likeness (QED) is 0.407. The van der Waals surface area contributed by atoms with Gasteiger partial charge in [0, 0.05) is 11.4 Å². The molecule has 1 N–H and O–H groups in total. The van der Waals surface area contributed by atoms with E-state index in [0.29, 0.717) is 11.4 Å². The van der Waals surface area contributed by atoms with Gasteiger partial charge in [0.2, 0.25) is 4.77 Å². The highest BCUT2D eigenvalue weighted by Crippen LogP contribution is 2.15. The van der Waals surface area contributed by atoms with Crippen molar-refractivity contribution < 1.29 is 4.74 Å². The minimum Gasteiger partial charge on any atom is -0.489 e. The lowest BCUT2D eigenvalue weighted by molar-refractivity contribution is 0.306. The van der Waals surface area contributed by atoms with Crippen LogP contribution in [-0.2, 0) is 13.0 Å². The number of aryl methyl sites for hydroxylation is 1. The van der Waals surface area contributed by atoms with Gasteiger partial charge in [0.1, 0.15) is 12.4 Å². The number of nitrogens with one attached hydrogen (secondary N) is 1. The van der Waals surface area contributed by atoms with Gasteiger partial charge in [-0.05, 0) is 66.2 Å². The van der Waals surface area contributed by atoms with Crippen molar-refractivity contribution >= 4 is 30.0 Å². The minimum absolute atomic E-state index is 0.496. The van der Waals surface area contributed by atoms with Crippen LogP contribution in [0.5, 0.6) is 5.75 Å². The number of hydrogen-bond donors (Lipinski definition) is 1. The summed E-state index contributed by atoms with van der Waals surface area (Å²) in [5, 5.41) is 12.2. The fraction of sp³-hybridized carbons (Fsp3) is 0.250. The van der Waals surface area contributed by atoms with E-state index in [2.05, 4.69) is 22.2 Å². The highest BCUT2D eigenvalue weighted by Gasteiger charge is 2.04. The molecule has 0 spiro atoms. The summed E-state index contributed by atoms with van der Waals surface area (Å²) in [6.45, 7) is 2.64. The van der Waals surface area contributed by atoms with Gasteiger partial charge in [0.05, 0.1) is 6.21 Å². The summed E-state index contributed by atoms with van der Waals surface area (Å²) in [5.41, 5.74) is 2.03. The lowest BCUT2D eigenvalue weighted by atomic mass is 10.2. The molecule has 5 nitrogen and oxygen atoms in total. The van der Waals surface area contributed by atoms with Gasteiger partial charge < -0.3 is 4.74 Å². The molecule has 0 aliphatic carbocycles. The number of rotatable bonds is 8. The molecule has 0 aliphatic rings. The number of unbranched alkanes of at least 4 members (excludes halogenated alkanes) is 1. The molecule has 1 heterocycles. The summed E-state index contributed by atoms with van der Waals surface area (Å²) in [6.07, 6.45) is 4.76. The predicted octanol–water partition coefficient (Wildman–Crippen LogP) is 5.40. The zero-order valence-electron chi connectivity index (χ0n) is 15.1. The first kappa shape index (κ1) is 19.3. The zero-order valence-corrected chi connectivity index (χ0v) is 16.6. The van der Waals surface area contributed by atoms with Crippen LogP contribution in [0.4, 0.5) is 0 Å². The molecule has 140 valence electrons. The van der Waals surface area contributed by atoms with Crippen LogP contribution in [0.15, 0.2) is 53.6 Å². The number of hydrogen-bond acceptors (Lipinski definition) is 4. The Morgan fingerprint density at radius 3 is 2.63 bits per heavy atom. The molecule has 0 aliphatic heterocycles. The summed E-state index contributed by atoms with van der Waals surface area (Å²) in [4.78, 5) is 0. The van der Waals surface area contributed by atoms with Gasteiger partial charge in [-0.25, -0.2) is 0 Å². The molecule has 0 fully saturated rings. The van der Waals surface area contributed by atoms with Gasteiger partial charge in [0.25, 0.3) is 0 Å². The van der Waals surface area contributed by atoms with Crippen molar-refractivity contribution in [1.82, 2.24) is 14.9 Å². The second-order valence-electron chi connectivity index (χ2n) is 6.09. The highest BCUT2D eigenvalue weighted by atomic mass is 35.5. The predicted molar refractivity (Wildman–Crippen MR) is 111 cm³/mol. The van der Waals surface area contributed by atoms with Crippen molar-refractivity contribution in [2.75, 3.05) is 0 Å². The van der Waals surface area contributed by atoms with E-state index >= 15 is 0 Å². The Bertz CT molecular complexity index is 945. The molecule has 0 unspecified atom stereocenters. The number of nitrogens with zero attached hydrogens (tertiary/aromatic N) is 3. The lowest BCUT2D eigenvalue weighted by Crippen LogP contribution is -1.99. The molecule has 0 saturated carbocycles. The van der Waals surface area contributed by atoms with E-state index in [1.54, 1.807) is 10.9 Å². The largest absolute Gasteiger partial charge is 0.489 e. The standard InChI is InChI=1S/C20H21ClN4OS/c1-2-3-4-19-23-24-20(27)25(19)22-13-15-7-11-18(12-8-15)26-14-16-5-9-17(21)10-6-16/h5-13H,2-4,14H2,1H3,(H,24,27)/b22-13-. The number of halogens is 1. The van der Waals surface area contributed by atoms with Crippen LogP contribution in [-0.4, -0.2) is 21.1 Å². The van der Waals surface area contributed by atoms with Gasteiger partial charge in [-0.2, -0.15) is 14.9 Å². The zero-order chi connectivity index (χ0) is 19.1. The fourth-order valence-corrected chi connectivity index (χ4v) is 2.79. The monoisotopic (exact) mass is 400 g/mol. The summed E-state index contributed by atoms with van der Waals surface area (Å²) < 4.78 is 7.97. The lowest BCUT2D eigenvalue weighted by Gasteiger charge is -2.06. The fourth-order valence-electron chi connectivity index (χ4n) is 2.46. The molecule has 0 bridgehead atoms. The van der Waals surface area contributed by atoms with Gasteiger partial charge in [0.15, 0.2) is 5.82 Å². The second-order valence-corrected chi connectivity index (χ2v) is 6.91. The summed E-state index contributed by atoms with van der Waals surface area (Å²) in [5.74, 6) is 1.65. The molecular weight excluding hydrogens is 380 g/mol. The smallest absolute Gasteiger partial charge is 0.216 e. The number of H-pyrrole nitrogens is 1. The topological polar surface area (TPSA) is 55.2 Å². The van der Waals surface area contributed by atoms with Crippen molar-refractivity contribution in [1.29, 1.82) is 0 Å². The van der Waals surface area contributed by atoms with E-state index in [-0.39, 0.29) is 0 Å². The highest BCUT2D eigenvalue weighted by molar-refractivity contribution is 7.71. The van der Waals surface area contributed by atoms with Crippen LogP contribution >= 0.6 is 23.8 Å². The summed E-state index contributed by atoms with van der Waals surface area (Å²) in [7, 11) is 0. The second kappa shape index (κ2) is 9.48. The van der Waals surface area contributed by atoms with Gasteiger partial charge in [-0.15, -0.1) is 0 Å². The number of aromatic amines is 1. The molecule has 3 rings (SSSR count). The maximum absolute atomic E-state index is 5.89. The molecule has 2 aromatic carbocycles. The van der Waals surface area contributed by atoms with E-state index in [1.165, 1.54) is 0 Å². The van der Waals surface area contributed by atoms with Crippen LogP contribution in [0.2, 0.25) is 5.02 Å². The third kappa shape index (κ3) is 5.52. The first-order chi connectivity index (χ1) is 13.2. The molecular formula is C20H21ClN4OS. The average Bonchev–Trinajstić information content (AvgIpc) is 3.04. The van der Waals surface area contributed by atoms with E-state index < -0.39 is 0 Å². The maximum Gasteiger partial charge on any atom is 0.216 e. The Labute approximate surface area is 168 Å². The molecule has 0 amide bonds. The van der Waals surface area contributed by atoms with Gasteiger partial charge in [-0.3, -0.25) is 5.10 Å². The van der Waals surface area contributed by atoms with Gasteiger partial charge >= 0.3 is 0 Å². The third-order valence-electron chi connectivity index (χ3n) is 3.99. The maximum atomic E-state index is 5.89. The number of ether oxygens (including phenoxy) is 1. The number of benzene rings is 2. The molecule has 27 heavy (non-hydrogen) atoms. The third-order valence-corrected chi connectivity index (χ3v) is 4.51. The van der Waals surface area contributed by atoms with Crippen molar-refractivity contribution in [3.8, 4) is 5.75 Å². The van der Waals surface area contributed by atoms with E-state index in [0.717, 1.165) is 47.0 Å². The Kier molecular flexibility index (Phi) is 6.79. The Balaban J connectivity index is 1.62. The summed E-state index contributed by atoms with van der Waals surface area (Å²) in [6, 6.07) is 15.4. The molecule has 7 heteroatoms. The van der Waals surface area contributed by atoms with E-state index in [9.17, 15) is 0 Å². The Hall–Kier alpha value is -2.44. The normalized spacial score (nSPS) is 11.2. The van der Waals surface area contributed by atoms with Crippen molar-refractivity contribution in [2.45, 2.75) is 32.8 Å². The first-order valence-electron chi connectivity index (χ1n) is 8.83. The van der Waals surface area contributed by atoms with Crippen LogP contribution in [0.3, 0.4) is 0 Å².